The maximum absolute atomic E-state index is 10.7. The van der Waals surface area contributed by atoms with Crippen LogP contribution in [0.1, 0.15) is 6.42 Å². The summed E-state index contributed by atoms with van der Waals surface area (Å²) in [6, 6.07) is 4.12. The number of nitro benzene ring substituents is 1. The van der Waals surface area contributed by atoms with Crippen LogP contribution in [0.15, 0.2) is 18.2 Å². The zero-order valence-corrected chi connectivity index (χ0v) is 10.6. The Kier molecular flexibility index (Phi) is 3.87. The molecule has 0 heterocycles. The molecule has 7 heteroatoms. The summed E-state index contributed by atoms with van der Waals surface area (Å²) in [5.41, 5.74) is -0.0790. The fourth-order valence-electron chi connectivity index (χ4n) is 2.02. The Morgan fingerprint density at radius 3 is 2.63 bits per heavy atom. The molecule has 1 N–H and O–H groups in total. The van der Waals surface area contributed by atoms with Crippen molar-refractivity contribution in [3.63, 3.8) is 0 Å². The van der Waals surface area contributed by atoms with Crippen LogP contribution in [0.2, 0.25) is 0 Å². The monoisotopic (exact) mass is 269 g/mol. The first-order valence-corrected chi connectivity index (χ1v) is 5.76. The fraction of sp³-hybridized carbons (Fsp3) is 0.500. The van der Waals surface area contributed by atoms with Crippen LogP contribution in [0.4, 0.5) is 5.69 Å². The van der Waals surface area contributed by atoms with Gasteiger partial charge in [-0.1, -0.05) is 0 Å². The molecule has 1 saturated carbocycles. The Hall–Kier alpha value is -1.86. The number of hydrogen-bond acceptors (Lipinski definition) is 6. The van der Waals surface area contributed by atoms with E-state index in [0.29, 0.717) is 12.2 Å². The second-order valence-corrected chi connectivity index (χ2v) is 4.25. The zero-order valence-electron chi connectivity index (χ0n) is 10.6. The van der Waals surface area contributed by atoms with Gasteiger partial charge in [0.05, 0.1) is 24.2 Å². The van der Waals surface area contributed by atoms with Gasteiger partial charge in [0.15, 0.2) is 11.5 Å². The number of ether oxygens (including phenoxy) is 3. The van der Waals surface area contributed by atoms with Crippen LogP contribution >= 0.6 is 0 Å². The lowest BCUT2D eigenvalue weighted by Gasteiger charge is -2.40. The number of aliphatic hydroxyl groups excluding tert-OH is 1. The molecule has 1 aromatic carbocycles. The summed E-state index contributed by atoms with van der Waals surface area (Å²) >= 11 is 0. The molecule has 0 bridgehead atoms. The van der Waals surface area contributed by atoms with Crippen molar-refractivity contribution in [3.8, 4) is 11.5 Å². The number of rotatable bonds is 5. The summed E-state index contributed by atoms with van der Waals surface area (Å²) < 4.78 is 15.8. The van der Waals surface area contributed by atoms with E-state index in [2.05, 4.69) is 0 Å². The number of methoxy groups -OCH3 is 2. The Morgan fingerprint density at radius 2 is 2.11 bits per heavy atom. The molecule has 2 rings (SSSR count). The van der Waals surface area contributed by atoms with Gasteiger partial charge < -0.3 is 19.3 Å². The quantitative estimate of drug-likeness (QED) is 0.636. The predicted octanol–water partition coefficient (Wildman–Crippen LogP) is 1.13. The highest BCUT2D eigenvalue weighted by Gasteiger charge is 2.42. The standard InChI is InChI=1S/C12H15NO6/c1-17-9-4-3-7(13(15)16)5-10(9)19-11-6-8(14)12(11)18-2/h3-5,8,11-12,14H,6H2,1-2H3. The average molecular weight is 269 g/mol. The largest absolute Gasteiger partial charge is 0.493 e. The zero-order chi connectivity index (χ0) is 14.0. The van der Waals surface area contributed by atoms with E-state index in [9.17, 15) is 15.2 Å². The molecule has 1 fully saturated rings. The second kappa shape index (κ2) is 5.41. The first-order valence-electron chi connectivity index (χ1n) is 5.76. The minimum absolute atomic E-state index is 0.0790. The third-order valence-electron chi connectivity index (χ3n) is 3.13. The number of nitro groups is 1. The van der Waals surface area contributed by atoms with Crippen LogP contribution in [0.5, 0.6) is 11.5 Å². The van der Waals surface area contributed by atoms with Crippen molar-refractivity contribution in [2.45, 2.75) is 24.7 Å². The Bertz CT molecular complexity index is 477. The van der Waals surface area contributed by atoms with E-state index in [1.807, 2.05) is 0 Å². The van der Waals surface area contributed by atoms with Gasteiger partial charge in [0, 0.05) is 19.6 Å². The van der Waals surface area contributed by atoms with Gasteiger partial charge in [0.2, 0.25) is 0 Å². The summed E-state index contributed by atoms with van der Waals surface area (Å²) in [7, 11) is 2.94. The molecular weight excluding hydrogens is 254 g/mol. The summed E-state index contributed by atoms with van der Waals surface area (Å²) in [5.74, 6) is 0.678. The average Bonchev–Trinajstić information content (AvgIpc) is 2.38. The molecule has 0 radical (unpaired) electrons. The van der Waals surface area contributed by atoms with Gasteiger partial charge in [0.25, 0.3) is 5.69 Å². The molecule has 104 valence electrons. The molecule has 1 aliphatic rings. The van der Waals surface area contributed by atoms with E-state index in [4.69, 9.17) is 14.2 Å². The molecular formula is C12H15NO6. The fourth-order valence-corrected chi connectivity index (χ4v) is 2.02. The Balaban J connectivity index is 2.18. The van der Waals surface area contributed by atoms with Crippen molar-refractivity contribution < 1.29 is 24.2 Å². The van der Waals surface area contributed by atoms with Gasteiger partial charge in [0.1, 0.15) is 12.2 Å². The van der Waals surface area contributed by atoms with Crippen molar-refractivity contribution in [3.05, 3.63) is 28.3 Å². The highest BCUT2D eigenvalue weighted by Crippen LogP contribution is 2.36. The van der Waals surface area contributed by atoms with Crippen LogP contribution in [0, 0.1) is 10.1 Å². The molecule has 1 aromatic rings. The molecule has 19 heavy (non-hydrogen) atoms. The highest BCUT2D eigenvalue weighted by molar-refractivity contribution is 5.48. The van der Waals surface area contributed by atoms with E-state index < -0.39 is 17.1 Å². The lowest BCUT2D eigenvalue weighted by molar-refractivity contribution is -0.385. The number of aliphatic hydroxyl groups is 1. The molecule has 3 unspecified atom stereocenters. The maximum Gasteiger partial charge on any atom is 0.273 e. The van der Waals surface area contributed by atoms with Gasteiger partial charge in [-0.2, -0.15) is 0 Å². The minimum atomic E-state index is -0.570. The maximum atomic E-state index is 10.7. The number of hydrogen-bond donors (Lipinski definition) is 1. The third kappa shape index (κ3) is 2.61. The first kappa shape index (κ1) is 13.6. The van der Waals surface area contributed by atoms with Crippen molar-refractivity contribution >= 4 is 5.69 Å². The molecule has 0 aromatic heterocycles. The lowest BCUT2D eigenvalue weighted by atomic mass is 9.88. The molecule has 7 nitrogen and oxygen atoms in total. The van der Waals surface area contributed by atoms with Gasteiger partial charge in [-0.15, -0.1) is 0 Å². The van der Waals surface area contributed by atoms with Crippen molar-refractivity contribution in [2.75, 3.05) is 14.2 Å². The molecule has 0 amide bonds. The summed E-state index contributed by atoms with van der Waals surface area (Å²) in [6.07, 6.45) is -0.913. The molecule has 1 aliphatic carbocycles. The smallest absolute Gasteiger partial charge is 0.273 e. The molecule has 0 aliphatic heterocycles. The summed E-state index contributed by atoms with van der Waals surface area (Å²) in [4.78, 5) is 10.2. The van der Waals surface area contributed by atoms with Crippen LogP contribution in [-0.2, 0) is 4.74 Å². The van der Waals surface area contributed by atoms with E-state index >= 15 is 0 Å². The number of non-ortho nitro benzene ring substituents is 1. The Labute approximate surface area is 109 Å². The minimum Gasteiger partial charge on any atom is -0.493 e. The molecule has 0 saturated heterocycles. The predicted molar refractivity (Wildman–Crippen MR) is 65.5 cm³/mol. The van der Waals surface area contributed by atoms with Crippen LogP contribution in [0.25, 0.3) is 0 Å². The van der Waals surface area contributed by atoms with Gasteiger partial charge in [-0.05, 0) is 6.07 Å². The number of nitrogens with zero attached hydrogens (tertiary/aromatic N) is 1. The summed E-state index contributed by atoms with van der Waals surface area (Å²) in [6.45, 7) is 0. The second-order valence-electron chi connectivity index (χ2n) is 4.25. The third-order valence-corrected chi connectivity index (χ3v) is 3.13. The molecule has 3 atom stereocenters. The van der Waals surface area contributed by atoms with Crippen molar-refractivity contribution in [2.24, 2.45) is 0 Å². The highest BCUT2D eigenvalue weighted by atomic mass is 16.6. The molecule has 0 spiro atoms. The number of benzene rings is 1. The Morgan fingerprint density at radius 1 is 1.37 bits per heavy atom. The summed E-state index contributed by atoms with van der Waals surface area (Å²) in [5, 5.41) is 20.2. The van der Waals surface area contributed by atoms with Crippen molar-refractivity contribution in [1.82, 2.24) is 0 Å². The van der Waals surface area contributed by atoms with Crippen LogP contribution in [-0.4, -0.2) is 42.6 Å². The van der Waals surface area contributed by atoms with Gasteiger partial charge >= 0.3 is 0 Å². The van der Waals surface area contributed by atoms with E-state index in [1.54, 1.807) is 0 Å². The normalized spacial score (nSPS) is 25.5. The van der Waals surface area contributed by atoms with E-state index in [0.717, 1.165) is 0 Å². The first-order chi connectivity index (χ1) is 9.06. The van der Waals surface area contributed by atoms with Gasteiger partial charge in [-0.25, -0.2) is 0 Å². The van der Waals surface area contributed by atoms with Crippen molar-refractivity contribution in [1.29, 1.82) is 0 Å². The SMILES string of the molecule is COc1ccc([N+](=O)[O-])cc1OC1CC(O)C1OC. The van der Waals surface area contributed by atoms with E-state index in [1.165, 1.54) is 32.4 Å². The van der Waals surface area contributed by atoms with E-state index in [-0.39, 0.29) is 17.5 Å². The van der Waals surface area contributed by atoms with Crippen LogP contribution < -0.4 is 9.47 Å². The topological polar surface area (TPSA) is 91.1 Å². The van der Waals surface area contributed by atoms with Crippen LogP contribution in [0.3, 0.4) is 0 Å². The lowest BCUT2D eigenvalue weighted by Crippen LogP contribution is -2.54. The van der Waals surface area contributed by atoms with Gasteiger partial charge in [-0.3, -0.25) is 10.1 Å².